The summed E-state index contributed by atoms with van der Waals surface area (Å²) in [6.07, 6.45) is 2.32. The second-order valence-corrected chi connectivity index (χ2v) is 5.28. The maximum absolute atomic E-state index is 11.7. The van der Waals surface area contributed by atoms with E-state index in [1.807, 2.05) is 25.1 Å². The molecule has 20 heavy (non-hydrogen) atoms. The zero-order valence-electron chi connectivity index (χ0n) is 11.1. The second-order valence-electron chi connectivity index (χ2n) is 4.37. The van der Waals surface area contributed by atoms with Crippen molar-refractivity contribution >= 4 is 21.9 Å². The van der Waals surface area contributed by atoms with Gasteiger partial charge in [-0.1, -0.05) is 22.9 Å². The number of benzene rings is 1. The van der Waals surface area contributed by atoms with E-state index < -0.39 is 17.1 Å². The van der Waals surface area contributed by atoms with E-state index >= 15 is 0 Å². The largest absolute Gasteiger partial charge is 0.476 e. The molecule has 6 heteroatoms. The fourth-order valence-electron chi connectivity index (χ4n) is 1.93. The van der Waals surface area contributed by atoms with Crippen LogP contribution in [-0.2, 0) is 6.42 Å². The van der Waals surface area contributed by atoms with Gasteiger partial charge in [-0.3, -0.25) is 4.79 Å². The molecule has 1 aromatic heterocycles. The summed E-state index contributed by atoms with van der Waals surface area (Å²) in [5.74, 6) is -1.32. The van der Waals surface area contributed by atoms with Gasteiger partial charge in [0.25, 0.3) is 0 Å². The van der Waals surface area contributed by atoms with Crippen LogP contribution in [0.1, 0.15) is 28.5 Å². The minimum absolute atomic E-state index is 0.349. The molecular weight excluding hydrogens is 324 g/mol. The Bertz CT molecular complexity index is 738. The van der Waals surface area contributed by atoms with Gasteiger partial charge < -0.3 is 5.11 Å². The van der Waals surface area contributed by atoms with Crippen molar-refractivity contribution in [1.29, 1.82) is 0 Å². The molecule has 1 aromatic carbocycles. The Morgan fingerprint density at radius 1 is 1.45 bits per heavy atom. The molecule has 104 valence electrons. The van der Waals surface area contributed by atoms with Crippen molar-refractivity contribution in [2.45, 2.75) is 20.3 Å². The van der Waals surface area contributed by atoms with E-state index in [1.54, 1.807) is 13.1 Å². The number of hydrogen-bond acceptors (Lipinski definition) is 3. The molecule has 1 N–H and O–H groups in total. The normalized spacial score (nSPS) is 10.6. The van der Waals surface area contributed by atoms with E-state index in [0.717, 1.165) is 22.1 Å². The predicted molar refractivity (Wildman–Crippen MR) is 78.6 cm³/mol. The lowest BCUT2D eigenvalue weighted by Gasteiger charge is -2.12. The number of rotatable bonds is 3. The number of aromatic nitrogens is 2. The average molecular weight is 337 g/mol. The summed E-state index contributed by atoms with van der Waals surface area (Å²) in [5.41, 5.74) is 1.11. The van der Waals surface area contributed by atoms with Crippen molar-refractivity contribution in [1.82, 2.24) is 9.78 Å². The summed E-state index contributed by atoms with van der Waals surface area (Å²) < 4.78 is 2.39. The molecule has 0 aliphatic carbocycles. The van der Waals surface area contributed by atoms with Gasteiger partial charge in [0.15, 0.2) is 0 Å². The monoisotopic (exact) mass is 336 g/mol. The fourth-order valence-corrected chi connectivity index (χ4v) is 2.34. The maximum atomic E-state index is 11.7. The molecule has 2 rings (SSSR count). The minimum Gasteiger partial charge on any atom is -0.476 e. The third-order valence-electron chi connectivity index (χ3n) is 2.97. The third kappa shape index (κ3) is 2.65. The Hall–Kier alpha value is -1.95. The molecule has 0 aliphatic rings. The Balaban J connectivity index is 2.71. The van der Waals surface area contributed by atoms with Gasteiger partial charge in [-0.2, -0.15) is 5.10 Å². The van der Waals surface area contributed by atoms with Gasteiger partial charge in [0.1, 0.15) is 0 Å². The lowest BCUT2D eigenvalue weighted by Crippen LogP contribution is -2.23. The highest BCUT2D eigenvalue weighted by molar-refractivity contribution is 9.10. The van der Waals surface area contributed by atoms with Crippen LogP contribution >= 0.6 is 15.9 Å². The number of aryl methyl sites for hydroxylation is 2. The second kappa shape index (κ2) is 5.58. The van der Waals surface area contributed by atoms with Gasteiger partial charge in [-0.05, 0) is 37.1 Å². The zero-order valence-corrected chi connectivity index (χ0v) is 12.6. The van der Waals surface area contributed by atoms with E-state index in [0.29, 0.717) is 5.56 Å². The molecule has 0 atom stereocenters. The highest BCUT2D eigenvalue weighted by Gasteiger charge is 2.15. The first kappa shape index (κ1) is 14.5. The topological polar surface area (TPSA) is 72.2 Å². The molecule has 0 amide bonds. The van der Waals surface area contributed by atoms with Crippen LogP contribution in [0.4, 0.5) is 0 Å². The van der Waals surface area contributed by atoms with Crippen LogP contribution < -0.4 is 5.43 Å². The van der Waals surface area contributed by atoms with E-state index in [2.05, 4.69) is 21.0 Å². The van der Waals surface area contributed by atoms with Crippen LogP contribution in [0.25, 0.3) is 5.69 Å². The smallest absolute Gasteiger partial charge is 0.360 e. The van der Waals surface area contributed by atoms with Crippen molar-refractivity contribution in [3.8, 4) is 5.69 Å². The minimum atomic E-state index is -1.32. The molecule has 5 nitrogen and oxygen atoms in total. The molecule has 0 spiro atoms. The summed E-state index contributed by atoms with van der Waals surface area (Å²) in [6, 6.07) is 5.64. The average Bonchev–Trinajstić information content (AvgIpc) is 2.41. The summed E-state index contributed by atoms with van der Waals surface area (Å²) in [5, 5.41) is 13.0. The number of aromatic carboxylic acids is 1. The number of carboxylic acid groups (broad SMARTS) is 1. The van der Waals surface area contributed by atoms with Crippen molar-refractivity contribution in [2.24, 2.45) is 0 Å². The predicted octanol–water partition coefficient (Wildman–Crippen LogP) is 2.56. The highest BCUT2D eigenvalue weighted by Crippen LogP contribution is 2.20. The van der Waals surface area contributed by atoms with Gasteiger partial charge in [0.2, 0.25) is 11.1 Å². The Labute approximate surface area is 124 Å². The lowest BCUT2D eigenvalue weighted by molar-refractivity contribution is 0.0686. The quantitative estimate of drug-likeness (QED) is 0.934. The number of carboxylic acids is 1. The van der Waals surface area contributed by atoms with E-state index in [9.17, 15) is 9.59 Å². The van der Waals surface area contributed by atoms with Gasteiger partial charge in [-0.25, -0.2) is 9.48 Å². The zero-order chi connectivity index (χ0) is 14.9. The van der Waals surface area contributed by atoms with E-state index in [4.69, 9.17) is 5.11 Å². The standard InChI is InChI=1S/C14H13BrN2O3/c1-3-9-6-10(15)4-5-11(9)17-7-8(2)13(18)12(16-17)14(19)20/h4-7H,3H2,1-2H3,(H,19,20). The first-order valence-corrected chi connectivity index (χ1v) is 6.86. The molecule has 0 unspecified atom stereocenters. The summed E-state index contributed by atoms with van der Waals surface area (Å²) in [4.78, 5) is 22.8. The van der Waals surface area contributed by atoms with Crippen molar-refractivity contribution in [2.75, 3.05) is 0 Å². The van der Waals surface area contributed by atoms with Crippen LogP contribution in [0.15, 0.2) is 33.7 Å². The van der Waals surface area contributed by atoms with Crippen molar-refractivity contribution < 1.29 is 9.90 Å². The van der Waals surface area contributed by atoms with Crippen LogP contribution in [0, 0.1) is 6.92 Å². The van der Waals surface area contributed by atoms with Crippen LogP contribution in [0.3, 0.4) is 0 Å². The van der Waals surface area contributed by atoms with Crippen molar-refractivity contribution in [3.05, 3.63) is 55.9 Å². The molecule has 0 saturated carbocycles. The van der Waals surface area contributed by atoms with E-state index in [1.165, 1.54) is 4.68 Å². The number of hydrogen-bond donors (Lipinski definition) is 1. The Morgan fingerprint density at radius 3 is 2.75 bits per heavy atom. The Morgan fingerprint density at radius 2 is 2.15 bits per heavy atom. The first-order chi connectivity index (χ1) is 9.43. The van der Waals surface area contributed by atoms with Gasteiger partial charge >= 0.3 is 5.97 Å². The molecule has 1 heterocycles. The molecular formula is C14H13BrN2O3. The maximum Gasteiger partial charge on any atom is 0.360 e. The lowest BCUT2D eigenvalue weighted by atomic mass is 10.1. The molecule has 0 bridgehead atoms. The number of halogens is 1. The summed E-state index contributed by atoms with van der Waals surface area (Å²) in [7, 11) is 0. The molecule has 2 aromatic rings. The van der Waals surface area contributed by atoms with Gasteiger partial charge in [0, 0.05) is 16.2 Å². The highest BCUT2D eigenvalue weighted by atomic mass is 79.9. The molecule has 0 fully saturated rings. The van der Waals surface area contributed by atoms with Crippen LogP contribution in [0.2, 0.25) is 0 Å². The first-order valence-electron chi connectivity index (χ1n) is 6.06. The molecule has 0 saturated heterocycles. The molecule has 0 radical (unpaired) electrons. The number of nitrogens with zero attached hydrogens (tertiary/aromatic N) is 2. The SMILES string of the molecule is CCc1cc(Br)ccc1-n1cc(C)c(=O)c(C(=O)O)n1. The van der Waals surface area contributed by atoms with Crippen molar-refractivity contribution in [3.63, 3.8) is 0 Å². The Kier molecular flexibility index (Phi) is 4.04. The molecule has 0 aliphatic heterocycles. The number of carbonyl (C=O) groups is 1. The third-order valence-corrected chi connectivity index (χ3v) is 3.46. The van der Waals surface area contributed by atoms with Crippen LogP contribution in [-0.4, -0.2) is 20.9 Å². The summed E-state index contributed by atoms with van der Waals surface area (Å²) in [6.45, 7) is 3.58. The fraction of sp³-hybridized carbons (Fsp3) is 0.214. The van der Waals surface area contributed by atoms with E-state index in [-0.39, 0.29) is 0 Å². The van der Waals surface area contributed by atoms with Gasteiger partial charge in [-0.15, -0.1) is 0 Å². The van der Waals surface area contributed by atoms with Crippen LogP contribution in [0.5, 0.6) is 0 Å². The van der Waals surface area contributed by atoms with Gasteiger partial charge in [0.05, 0.1) is 5.69 Å². The summed E-state index contributed by atoms with van der Waals surface area (Å²) >= 11 is 3.40.